The van der Waals surface area contributed by atoms with Crippen LogP contribution < -0.4 is 20.3 Å². The van der Waals surface area contributed by atoms with E-state index in [0.717, 1.165) is 68.7 Å². The highest BCUT2D eigenvalue weighted by atomic mass is 16.5. The van der Waals surface area contributed by atoms with Crippen molar-refractivity contribution < 1.29 is 9.53 Å². The summed E-state index contributed by atoms with van der Waals surface area (Å²) in [5.41, 5.74) is 2.08. The molecule has 1 saturated heterocycles. The minimum Gasteiger partial charge on any atom is -0.486 e. The van der Waals surface area contributed by atoms with E-state index in [4.69, 9.17) is 4.74 Å². The van der Waals surface area contributed by atoms with Crippen molar-refractivity contribution in [2.75, 3.05) is 31.6 Å². The molecule has 0 unspecified atom stereocenters. The molecule has 3 rings (SSSR count). The topological polar surface area (TPSA) is 53.6 Å². The third-order valence-corrected chi connectivity index (χ3v) is 5.56. The summed E-state index contributed by atoms with van der Waals surface area (Å²) in [5.74, 6) is 0.973. The molecule has 2 N–H and O–H groups in total. The van der Waals surface area contributed by atoms with Gasteiger partial charge in [-0.1, -0.05) is 43.3 Å². The first-order chi connectivity index (χ1) is 14.7. The van der Waals surface area contributed by atoms with Crippen LogP contribution in [-0.2, 0) is 4.79 Å². The van der Waals surface area contributed by atoms with Crippen LogP contribution in [0.15, 0.2) is 54.6 Å². The van der Waals surface area contributed by atoms with Gasteiger partial charge in [0.15, 0.2) is 0 Å². The normalized spacial score (nSPS) is 18.1. The summed E-state index contributed by atoms with van der Waals surface area (Å²) < 4.78 is 6.40. The van der Waals surface area contributed by atoms with E-state index in [1.165, 1.54) is 0 Å². The highest BCUT2D eigenvalue weighted by Gasteiger charge is 2.27. The Kier molecular flexibility index (Phi) is 8.72. The van der Waals surface area contributed by atoms with Gasteiger partial charge in [0, 0.05) is 24.7 Å². The molecule has 1 heterocycles. The maximum Gasteiger partial charge on any atom is 0.244 e. The fourth-order valence-electron chi connectivity index (χ4n) is 3.93. The molecule has 30 heavy (non-hydrogen) atoms. The van der Waals surface area contributed by atoms with Crippen LogP contribution >= 0.6 is 0 Å². The third-order valence-electron chi connectivity index (χ3n) is 5.56. The van der Waals surface area contributed by atoms with Gasteiger partial charge in [-0.25, -0.2) is 0 Å². The van der Waals surface area contributed by atoms with E-state index in [-0.39, 0.29) is 18.1 Å². The van der Waals surface area contributed by atoms with Crippen LogP contribution in [0.1, 0.15) is 50.7 Å². The van der Waals surface area contributed by atoms with E-state index < -0.39 is 0 Å². The summed E-state index contributed by atoms with van der Waals surface area (Å²) in [6.45, 7) is 4.63. The molecule has 2 atom stereocenters. The number of rotatable bonds is 10. The number of benzene rings is 2. The molecule has 1 aliphatic rings. The van der Waals surface area contributed by atoms with Crippen LogP contribution in [0.25, 0.3) is 0 Å². The van der Waals surface area contributed by atoms with Crippen LogP contribution in [-0.4, -0.2) is 38.6 Å². The van der Waals surface area contributed by atoms with Crippen molar-refractivity contribution in [1.82, 2.24) is 10.6 Å². The fraction of sp³-hybridized carbons (Fsp3) is 0.480. The molecular weight excluding hydrogens is 374 g/mol. The van der Waals surface area contributed by atoms with Gasteiger partial charge >= 0.3 is 0 Å². The molecule has 162 valence electrons. The predicted octanol–water partition coefficient (Wildman–Crippen LogP) is 4.30. The Morgan fingerprint density at radius 2 is 1.93 bits per heavy atom. The largest absolute Gasteiger partial charge is 0.486 e. The van der Waals surface area contributed by atoms with Crippen LogP contribution in [0.2, 0.25) is 0 Å². The maximum absolute atomic E-state index is 13.2. The molecule has 1 fully saturated rings. The van der Waals surface area contributed by atoms with Crippen molar-refractivity contribution in [3.63, 3.8) is 0 Å². The summed E-state index contributed by atoms with van der Waals surface area (Å²) in [6.07, 6.45) is 4.87. The van der Waals surface area contributed by atoms with Crippen molar-refractivity contribution in [3.8, 4) is 5.75 Å². The quantitative estimate of drug-likeness (QED) is 0.614. The lowest BCUT2D eigenvalue weighted by Gasteiger charge is -2.26. The number of nitrogens with zero attached hydrogens (tertiary/aromatic N) is 1. The van der Waals surface area contributed by atoms with Gasteiger partial charge in [0.25, 0.3) is 0 Å². The second kappa shape index (κ2) is 11.7. The van der Waals surface area contributed by atoms with Crippen LogP contribution in [0, 0.1) is 0 Å². The van der Waals surface area contributed by atoms with Gasteiger partial charge in [-0.2, -0.15) is 0 Å². The lowest BCUT2D eigenvalue weighted by atomic mass is 10.1. The lowest BCUT2D eigenvalue weighted by Crippen LogP contribution is -2.45. The molecule has 1 amide bonds. The Labute approximate surface area is 180 Å². The Morgan fingerprint density at radius 3 is 2.70 bits per heavy atom. The third kappa shape index (κ3) is 6.07. The Morgan fingerprint density at radius 1 is 1.10 bits per heavy atom. The molecule has 0 bridgehead atoms. The predicted molar refractivity (Wildman–Crippen MR) is 123 cm³/mol. The molecule has 2 aromatic carbocycles. The molecule has 5 nitrogen and oxygen atoms in total. The van der Waals surface area contributed by atoms with Crippen LogP contribution in [0.3, 0.4) is 0 Å². The fourth-order valence-corrected chi connectivity index (χ4v) is 3.93. The zero-order chi connectivity index (χ0) is 21.2. The number of amides is 1. The van der Waals surface area contributed by atoms with Gasteiger partial charge in [0.1, 0.15) is 11.9 Å². The van der Waals surface area contributed by atoms with Crippen molar-refractivity contribution >= 4 is 11.6 Å². The highest BCUT2D eigenvalue weighted by Crippen LogP contribution is 2.29. The van der Waals surface area contributed by atoms with Crippen LogP contribution in [0.5, 0.6) is 5.75 Å². The van der Waals surface area contributed by atoms with Crippen molar-refractivity contribution in [2.24, 2.45) is 0 Å². The molecule has 0 saturated carbocycles. The summed E-state index contributed by atoms with van der Waals surface area (Å²) in [5, 5.41) is 6.63. The minimum atomic E-state index is -0.0929. The van der Waals surface area contributed by atoms with Gasteiger partial charge in [0.2, 0.25) is 5.91 Å². The number of nitrogens with one attached hydrogen (secondary N) is 2. The van der Waals surface area contributed by atoms with E-state index >= 15 is 0 Å². The Bertz CT molecular complexity index is 781. The Balaban J connectivity index is 1.77. The second-order valence-corrected chi connectivity index (χ2v) is 7.90. The standard InChI is InChI=1S/C25H35N3O2/c1-3-16-27-23-14-7-8-18-28(25(23)29)21-12-9-13-22(19-21)30-24(15-17-26-2)20-10-5-4-6-11-20/h4-6,9-13,19,23-24,26-27H,3,7-8,14-18H2,1-2H3/t23-,24+/m1/s1. The highest BCUT2D eigenvalue weighted by molar-refractivity contribution is 5.97. The van der Waals surface area contributed by atoms with Crippen molar-refractivity contribution in [3.05, 3.63) is 60.2 Å². The van der Waals surface area contributed by atoms with E-state index in [0.29, 0.717) is 0 Å². The SMILES string of the molecule is CCCN[C@@H]1CCCCN(c2cccc(O[C@@H](CCNC)c3ccccc3)c2)C1=O. The zero-order valence-corrected chi connectivity index (χ0v) is 18.3. The van der Waals surface area contributed by atoms with Crippen molar-refractivity contribution in [2.45, 2.75) is 51.2 Å². The van der Waals surface area contributed by atoms with Crippen molar-refractivity contribution in [1.29, 1.82) is 0 Å². The summed E-state index contributed by atoms with van der Waals surface area (Å²) in [6, 6.07) is 18.2. The van der Waals surface area contributed by atoms with E-state index in [1.54, 1.807) is 0 Å². The number of ether oxygens (including phenoxy) is 1. The van der Waals surface area contributed by atoms with E-state index in [9.17, 15) is 4.79 Å². The average molecular weight is 410 g/mol. The first kappa shape index (κ1) is 22.3. The van der Waals surface area contributed by atoms with Gasteiger partial charge in [-0.15, -0.1) is 0 Å². The van der Waals surface area contributed by atoms with E-state index in [2.05, 4.69) is 29.7 Å². The number of hydrogen-bond donors (Lipinski definition) is 2. The number of hydrogen-bond acceptors (Lipinski definition) is 4. The molecule has 0 radical (unpaired) electrons. The molecular formula is C25H35N3O2. The van der Waals surface area contributed by atoms with Crippen LogP contribution in [0.4, 0.5) is 5.69 Å². The summed E-state index contributed by atoms with van der Waals surface area (Å²) in [7, 11) is 1.95. The number of anilines is 1. The maximum atomic E-state index is 13.2. The Hall–Kier alpha value is -2.37. The summed E-state index contributed by atoms with van der Waals surface area (Å²) >= 11 is 0. The van der Waals surface area contributed by atoms with Gasteiger partial charge in [0.05, 0.1) is 6.04 Å². The average Bonchev–Trinajstić information content (AvgIpc) is 2.97. The molecule has 0 spiro atoms. The summed E-state index contributed by atoms with van der Waals surface area (Å²) in [4.78, 5) is 15.1. The zero-order valence-electron chi connectivity index (χ0n) is 18.3. The molecule has 2 aromatic rings. The first-order valence-electron chi connectivity index (χ1n) is 11.2. The number of carbonyl (C=O) groups is 1. The molecule has 1 aliphatic heterocycles. The van der Waals surface area contributed by atoms with Gasteiger partial charge < -0.3 is 20.3 Å². The monoisotopic (exact) mass is 409 g/mol. The number of carbonyl (C=O) groups excluding carboxylic acids is 1. The first-order valence-corrected chi connectivity index (χ1v) is 11.2. The van der Waals surface area contributed by atoms with Gasteiger partial charge in [-0.3, -0.25) is 4.79 Å². The lowest BCUT2D eigenvalue weighted by molar-refractivity contribution is -0.120. The molecule has 0 aromatic heterocycles. The van der Waals surface area contributed by atoms with E-state index in [1.807, 2.05) is 54.4 Å². The van der Waals surface area contributed by atoms with Gasteiger partial charge in [-0.05, 0) is 63.5 Å². The second-order valence-electron chi connectivity index (χ2n) is 7.90. The minimum absolute atomic E-state index is 0.0345. The molecule has 5 heteroatoms. The molecule has 0 aliphatic carbocycles. The smallest absolute Gasteiger partial charge is 0.244 e.